The normalized spacial score (nSPS) is 10.3. The molecule has 142 valence electrons. The third-order valence-electron chi connectivity index (χ3n) is 4.00. The van der Waals surface area contributed by atoms with Gasteiger partial charge in [0, 0.05) is 35.6 Å². The number of hydrogen-bond donors (Lipinski definition) is 2. The summed E-state index contributed by atoms with van der Waals surface area (Å²) in [6.45, 7) is 0.546. The molecular formula is C20H17ClN4O3. The summed E-state index contributed by atoms with van der Waals surface area (Å²) < 4.78 is 0. The zero-order valence-electron chi connectivity index (χ0n) is 14.8. The van der Waals surface area contributed by atoms with Gasteiger partial charge in [-0.15, -0.1) is 0 Å². The lowest BCUT2D eigenvalue weighted by atomic mass is 10.1. The van der Waals surface area contributed by atoms with Gasteiger partial charge in [-0.2, -0.15) is 0 Å². The molecule has 1 aromatic heterocycles. The van der Waals surface area contributed by atoms with Gasteiger partial charge in [0.15, 0.2) is 5.69 Å². The Morgan fingerprint density at radius 3 is 2.46 bits per heavy atom. The molecule has 1 heterocycles. The number of anilines is 2. The molecule has 0 aliphatic heterocycles. The van der Waals surface area contributed by atoms with E-state index in [2.05, 4.69) is 15.6 Å². The number of pyridine rings is 1. The second kappa shape index (κ2) is 8.96. The van der Waals surface area contributed by atoms with Gasteiger partial charge in [0.1, 0.15) is 0 Å². The number of hydrogen-bond acceptors (Lipinski definition) is 5. The fourth-order valence-corrected chi connectivity index (χ4v) is 2.70. The number of amides is 1. The predicted molar refractivity (Wildman–Crippen MR) is 109 cm³/mol. The Hall–Kier alpha value is -3.45. The van der Waals surface area contributed by atoms with E-state index in [1.54, 1.807) is 54.7 Å². The van der Waals surface area contributed by atoms with Crippen LogP contribution in [0.15, 0.2) is 66.9 Å². The molecule has 0 unspecified atom stereocenters. The number of rotatable bonds is 7. The monoisotopic (exact) mass is 396 g/mol. The van der Waals surface area contributed by atoms with Crippen molar-refractivity contribution in [2.24, 2.45) is 0 Å². The Morgan fingerprint density at radius 1 is 1.07 bits per heavy atom. The number of non-ortho nitro benzene ring substituents is 1. The zero-order chi connectivity index (χ0) is 19.9. The molecule has 0 atom stereocenters. The summed E-state index contributed by atoms with van der Waals surface area (Å²) in [5.41, 5.74) is 2.52. The third-order valence-corrected chi connectivity index (χ3v) is 4.25. The topological polar surface area (TPSA) is 97.2 Å². The maximum Gasteiger partial charge on any atom is 0.276 e. The van der Waals surface area contributed by atoms with Crippen molar-refractivity contribution in [3.05, 3.63) is 93.3 Å². The van der Waals surface area contributed by atoms with Crippen molar-refractivity contribution in [3.63, 3.8) is 0 Å². The van der Waals surface area contributed by atoms with Gasteiger partial charge in [-0.05, 0) is 48.4 Å². The highest BCUT2D eigenvalue weighted by Crippen LogP contribution is 2.18. The Kier molecular flexibility index (Phi) is 6.18. The third kappa shape index (κ3) is 5.05. The number of benzene rings is 2. The fourth-order valence-electron chi connectivity index (χ4n) is 2.58. The molecule has 2 N–H and O–H groups in total. The Labute approximate surface area is 166 Å². The maximum atomic E-state index is 12.5. The quantitative estimate of drug-likeness (QED) is 0.451. The van der Waals surface area contributed by atoms with E-state index in [1.165, 1.54) is 12.1 Å². The van der Waals surface area contributed by atoms with Gasteiger partial charge in [0.2, 0.25) is 0 Å². The van der Waals surface area contributed by atoms with Crippen molar-refractivity contribution in [1.82, 2.24) is 4.98 Å². The van der Waals surface area contributed by atoms with E-state index >= 15 is 0 Å². The van der Waals surface area contributed by atoms with E-state index in [1.807, 2.05) is 0 Å². The van der Waals surface area contributed by atoms with Gasteiger partial charge in [0.05, 0.1) is 10.6 Å². The van der Waals surface area contributed by atoms with E-state index in [-0.39, 0.29) is 17.3 Å². The number of nitrogens with zero attached hydrogens (tertiary/aromatic N) is 2. The lowest BCUT2D eigenvalue weighted by Gasteiger charge is -2.11. The average Bonchev–Trinajstić information content (AvgIpc) is 2.70. The lowest BCUT2D eigenvalue weighted by molar-refractivity contribution is -0.384. The van der Waals surface area contributed by atoms with E-state index < -0.39 is 4.92 Å². The highest BCUT2D eigenvalue weighted by molar-refractivity contribution is 6.30. The van der Waals surface area contributed by atoms with Crippen LogP contribution in [0.4, 0.5) is 17.1 Å². The van der Waals surface area contributed by atoms with Crippen molar-refractivity contribution in [2.75, 3.05) is 17.2 Å². The van der Waals surface area contributed by atoms with Crippen molar-refractivity contribution in [2.45, 2.75) is 6.42 Å². The maximum absolute atomic E-state index is 12.5. The van der Waals surface area contributed by atoms with Gasteiger partial charge in [0.25, 0.3) is 11.6 Å². The highest BCUT2D eigenvalue weighted by Gasteiger charge is 2.13. The number of aromatic nitrogens is 1. The number of nitro groups is 1. The first-order valence-corrected chi connectivity index (χ1v) is 8.90. The Balaban J connectivity index is 1.62. The minimum atomic E-state index is -0.427. The molecule has 8 heteroatoms. The molecular weight excluding hydrogens is 380 g/mol. The van der Waals surface area contributed by atoms with Crippen molar-refractivity contribution < 1.29 is 9.72 Å². The van der Waals surface area contributed by atoms with E-state index in [9.17, 15) is 14.9 Å². The van der Waals surface area contributed by atoms with E-state index in [4.69, 9.17) is 11.6 Å². The van der Waals surface area contributed by atoms with Gasteiger partial charge < -0.3 is 10.6 Å². The molecule has 3 rings (SSSR count). The molecule has 0 aliphatic carbocycles. The molecule has 0 fully saturated rings. The van der Waals surface area contributed by atoms with Crippen LogP contribution in [-0.2, 0) is 6.42 Å². The van der Waals surface area contributed by atoms with E-state index in [0.717, 1.165) is 5.56 Å². The van der Waals surface area contributed by atoms with Crippen LogP contribution >= 0.6 is 11.6 Å². The first-order valence-electron chi connectivity index (χ1n) is 8.52. The first kappa shape index (κ1) is 19.3. The van der Waals surface area contributed by atoms with Crippen LogP contribution < -0.4 is 10.6 Å². The van der Waals surface area contributed by atoms with Crippen LogP contribution in [0.1, 0.15) is 16.1 Å². The summed E-state index contributed by atoms with van der Waals surface area (Å²) in [4.78, 5) is 27.0. The predicted octanol–water partition coefficient (Wildman–Crippen LogP) is 4.55. The second-order valence-corrected chi connectivity index (χ2v) is 6.40. The van der Waals surface area contributed by atoms with Crippen LogP contribution in [0.5, 0.6) is 0 Å². The second-order valence-electron chi connectivity index (χ2n) is 5.96. The number of carbonyl (C=O) groups excluding carboxylic acids is 1. The average molecular weight is 397 g/mol. The molecule has 0 saturated heterocycles. The van der Waals surface area contributed by atoms with Gasteiger partial charge >= 0.3 is 0 Å². The first-order chi connectivity index (χ1) is 13.5. The smallest absolute Gasteiger partial charge is 0.276 e. The molecule has 0 bridgehead atoms. The number of nitro benzene ring substituents is 1. The van der Waals surface area contributed by atoms with Gasteiger partial charge in [-0.1, -0.05) is 23.7 Å². The number of nitrogens with one attached hydrogen (secondary N) is 2. The summed E-state index contributed by atoms with van der Waals surface area (Å²) in [6, 6.07) is 16.7. The lowest BCUT2D eigenvalue weighted by Crippen LogP contribution is -2.17. The highest BCUT2D eigenvalue weighted by atomic mass is 35.5. The van der Waals surface area contributed by atoms with Gasteiger partial charge in [-0.25, -0.2) is 4.98 Å². The summed E-state index contributed by atoms with van der Waals surface area (Å²) in [6.07, 6.45) is 2.20. The van der Waals surface area contributed by atoms with Gasteiger partial charge in [-0.3, -0.25) is 14.9 Å². The molecule has 3 aromatic rings. The van der Waals surface area contributed by atoms with E-state index in [0.29, 0.717) is 29.4 Å². The van der Waals surface area contributed by atoms with Crippen LogP contribution in [-0.4, -0.2) is 22.4 Å². The Morgan fingerprint density at radius 2 is 1.79 bits per heavy atom. The standard InChI is InChI=1S/C20H17ClN4O3/c21-15-5-7-16(8-6-15)24-20(26)19-18(2-1-12-23-19)22-13-11-14-3-9-17(10-4-14)25(27)28/h1-10,12,22H,11,13H2,(H,24,26). The number of halogens is 1. The molecule has 0 spiro atoms. The molecule has 0 radical (unpaired) electrons. The van der Waals surface area contributed by atoms with Crippen LogP contribution in [0.2, 0.25) is 5.02 Å². The fraction of sp³-hybridized carbons (Fsp3) is 0.100. The summed E-state index contributed by atoms with van der Waals surface area (Å²) in [7, 11) is 0. The summed E-state index contributed by atoms with van der Waals surface area (Å²) in [5, 5.41) is 17.3. The summed E-state index contributed by atoms with van der Waals surface area (Å²) >= 11 is 5.85. The minimum absolute atomic E-state index is 0.0603. The molecule has 0 aliphatic rings. The van der Waals surface area contributed by atoms with Crippen molar-refractivity contribution in [3.8, 4) is 0 Å². The van der Waals surface area contributed by atoms with Crippen molar-refractivity contribution in [1.29, 1.82) is 0 Å². The molecule has 28 heavy (non-hydrogen) atoms. The molecule has 2 aromatic carbocycles. The molecule has 0 saturated carbocycles. The number of carbonyl (C=O) groups is 1. The van der Waals surface area contributed by atoms with Crippen LogP contribution in [0.25, 0.3) is 0 Å². The van der Waals surface area contributed by atoms with Crippen LogP contribution in [0, 0.1) is 10.1 Å². The summed E-state index contributed by atoms with van der Waals surface area (Å²) in [5.74, 6) is -0.333. The molecule has 7 nitrogen and oxygen atoms in total. The van der Waals surface area contributed by atoms with Crippen LogP contribution in [0.3, 0.4) is 0 Å². The zero-order valence-corrected chi connectivity index (χ0v) is 15.5. The molecule has 1 amide bonds. The van der Waals surface area contributed by atoms with Crippen molar-refractivity contribution >= 4 is 34.6 Å². The SMILES string of the molecule is O=C(Nc1ccc(Cl)cc1)c1ncccc1NCCc1ccc([N+](=O)[O-])cc1. The minimum Gasteiger partial charge on any atom is -0.383 e. The Bertz CT molecular complexity index is 976. The largest absolute Gasteiger partial charge is 0.383 e.